The van der Waals surface area contributed by atoms with Crippen LogP contribution in [0.3, 0.4) is 0 Å². The Morgan fingerprint density at radius 2 is 1.90 bits per heavy atom. The van der Waals surface area contributed by atoms with Crippen LogP contribution in [0.25, 0.3) is 0 Å². The first-order valence-corrected chi connectivity index (χ1v) is 7.11. The van der Waals surface area contributed by atoms with E-state index in [0.717, 1.165) is 5.56 Å². The molecular weight excluding hydrogens is 272 g/mol. The average Bonchev–Trinajstić information content (AvgIpc) is 2.51. The molecule has 1 aliphatic rings. The van der Waals surface area contributed by atoms with Crippen LogP contribution in [0, 0.1) is 11.8 Å². The number of aliphatic hydroxyl groups is 1. The number of benzene rings is 1. The SMILES string of the molecule is COC(=O)C1OC(O)C(C)[C@H](OCc2ccccc2)[C@@H]1C. The van der Waals surface area contributed by atoms with Gasteiger partial charge in [0.05, 0.1) is 19.8 Å². The Morgan fingerprint density at radius 1 is 1.24 bits per heavy atom. The summed E-state index contributed by atoms with van der Waals surface area (Å²) >= 11 is 0. The Hall–Kier alpha value is -1.43. The summed E-state index contributed by atoms with van der Waals surface area (Å²) in [6, 6.07) is 9.79. The lowest BCUT2D eigenvalue weighted by atomic mass is 9.85. The van der Waals surface area contributed by atoms with E-state index < -0.39 is 18.4 Å². The van der Waals surface area contributed by atoms with Crippen molar-refractivity contribution >= 4 is 5.97 Å². The van der Waals surface area contributed by atoms with E-state index in [1.807, 2.05) is 44.2 Å². The highest BCUT2D eigenvalue weighted by atomic mass is 16.6. The Morgan fingerprint density at radius 3 is 2.52 bits per heavy atom. The predicted molar refractivity (Wildman–Crippen MR) is 76.2 cm³/mol. The zero-order valence-corrected chi connectivity index (χ0v) is 12.6. The summed E-state index contributed by atoms with van der Waals surface area (Å²) in [4.78, 5) is 11.7. The average molecular weight is 294 g/mol. The third-order valence-corrected chi connectivity index (χ3v) is 3.97. The third-order valence-electron chi connectivity index (χ3n) is 3.97. The number of esters is 1. The summed E-state index contributed by atoms with van der Waals surface area (Å²) in [5.41, 5.74) is 1.05. The first-order valence-electron chi connectivity index (χ1n) is 7.11. The van der Waals surface area contributed by atoms with Crippen LogP contribution in [0.15, 0.2) is 30.3 Å². The van der Waals surface area contributed by atoms with Crippen LogP contribution in [0.1, 0.15) is 19.4 Å². The molecule has 1 fully saturated rings. The highest BCUT2D eigenvalue weighted by Gasteiger charge is 2.45. The molecule has 5 atom stereocenters. The van der Waals surface area contributed by atoms with E-state index >= 15 is 0 Å². The van der Waals surface area contributed by atoms with Crippen LogP contribution in [0.4, 0.5) is 0 Å². The fraction of sp³-hybridized carbons (Fsp3) is 0.562. The van der Waals surface area contributed by atoms with Crippen molar-refractivity contribution in [3.05, 3.63) is 35.9 Å². The van der Waals surface area contributed by atoms with Crippen molar-refractivity contribution in [2.75, 3.05) is 7.11 Å². The summed E-state index contributed by atoms with van der Waals surface area (Å²) in [6.07, 6.45) is -2.12. The molecule has 1 aliphatic heterocycles. The molecule has 21 heavy (non-hydrogen) atoms. The molecule has 1 saturated heterocycles. The maximum atomic E-state index is 11.7. The van der Waals surface area contributed by atoms with Gasteiger partial charge in [-0.05, 0) is 5.56 Å². The van der Waals surface area contributed by atoms with Gasteiger partial charge in [0, 0.05) is 11.8 Å². The van der Waals surface area contributed by atoms with Crippen LogP contribution in [-0.2, 0) is 25.6 Å². The van der Waals surface area contributed by atoms with Crippen molar-refractivity contribution in [1.82, 2.24) is 0 Å². The van der Waals surface area contributed by atoms with Crippen molar-refractivity contribution in [3.8, 4) is 0 Å². The van der Waals surface area contributed by atoms with E-state index in [1.165, 1.54) is 7.11 Å². The van der Waals surface area contributed by atoms with E-state index in [-0.39, 0.29) is 17.9 Å². The van der Waals surface area contributed by atoms with E-state index in [0.29, 0.717) is 6.61 Å². The van der Waals surface area contributed by atoms with Gasteiger partial charge >= 0.3 is 5.97 Å². The molecule has 0 bridgehead atoms. The highest BCUT2D eigenvalue weighted by Crippen LogP contribution is 2.32. The van der Waals surface area contributed by atoms with Crippen LogP contribution in [0.2, 0.25) is 0 Å². The van der Waals surface area contributed by atoms with Crippen LogP contribution in [0.5, 0.6) is 0 Å². The minimum Gasteiger partial charge on any atom is -0.467 e. The normalized spacial score (nSPS) is 32.7. The predicted octanol–water partition coefficient (Wildman–Crippen LogP) is 1.73. The van der Waals surface area contributed by atoms with Gasteiger partial charge < -0.3 is 19.3 Å². The standard InChI is InChI=1S/C16H22O5/c1-10-13(20-9-12-7-5-4-6-8-12)11(2)15(17)21-14(10)16(18)19-3/h4-8,10-11,13-15,17H,9H2,1-3H3/t10-,11?,13+,14?,15?/m0/s1. The fourth-order valence-electron chi connectivity index (χ4n) is 2.67. The van der Waals surface area contributed by atoms with Gasteiger partial charge in [-0.1, -0.05) is 44.2 Å². The van der Waals surface area contributed by atoms with E-state index in [4.69, 9.17) is 14.2 Å². The number of carbonyl (C=O) groups excluding carboxylic acids is 1. The van der Waals surface area contributed by atoms with Crippen LogP contribution < -0.4 is 0 Å². The number of methoxy groups -OCH3 is 1. The Labute approximate surface area is 124 Å². The van der Waals surface area contributed by atoms with Crippen molar-refractivity contribution in [2.24, 2.45) is 11.8 Å². The van der Waals surface area contributed by atoms with Gasteiger partial charge in [-0.2, -0.15) is 0 Å². The molecule has 1 heterocycles. The molecule has 1 N–H and O–H groups in total. The molecule has 0 aromatic heterocycles. The van der Waals surface area contributed by atoms with Gasteiger partial charge in [0.2, 0.25) is 0 Å². The lowest BCUT2D eigenvalue weighted by molar-refractivity contribution is -0.254. The first-order chi connectivity index (χ1) is 10.0. The molecule has 1 aromatic rings. The van der Waals surface area contributed by atoms with E-state index in [2.05, 4.69) is 0 Å². The van der Waals surface area contributed by atoms with Gasteiger partial charge in [-0.15, -0.1) is 0 Å². The number of aliphatic hydroxyl groups excluding tert-OH is 1. The highest BCUT2D eigenvalue weighted by molar-refractivity contribution is 5.75. The number of rotatable bonds is 4. The number of hydrogen-bond acceptors (Lipinski definition) is 5. The molecule has 2 rings (SSSR count). The largest absolute Gasteiger partial charge is 0.467 e. The quantitative estimate of drug-likeness (QED) is 0.857. The van der Waals surface area contributed by atoms with Gasteiger partial charge in [0.15, 0.2) is 12.4 Å². The number of hydrogen-bond donors (Lipinski definition) is 1. The number of carbonyl (C=O) groups is 1. The summed E-state index contributed by atoms with van der Waals surface area (Å²) in [5, 5.41) is 9.97. The lowest BCUT2D eigenvalue weighted by Gasteiger charge is -2.41. The molecule has 0 spiro atoms. The van der Waals surface area contributed by atoms with Crippen molar-refractivity contribution in [2.45, 2.75) is 39.0 Å². The molecule has 5 heteroatoms. The Kier molecular flexibility index (Phi) is 5.33. The van der Waals surface area contributed by atoms with Gasteiger partial charge in [0.25, 0.3) is 0 Å². The van der Waals surface area contributed by atoms with Gasteiger partial charge in [-0.3, -0.25) is 0 Å². The second-order valence-electron chi connectivity index (χ2n) is 5.45. The summed E-state index contributed by atoms with van der Waals surface area (Å²) < 4.78 is 16.0. The smallest absolute Gasteiger partial charge is 0.335 e. The Balaban J connectivity index is 2.06. The van der Waals surface area contributed by atoms with Crippen molar-refractivity contribution < 1.29 is 24.1 Å². The molecule has 0 saturated carbocycles. The second kappa shape index (κ2) is 7.02. The molecular formula is C16H22O5. The third kappa shape index (κ3) is 3.61. The summed E-state index contributed by atoms with van der Waals surface area (Å²) in [7, 11) is 1.31. The molecule has 0 amide bonds. The maximum absolute atomic E-state index is 11.7. The minimum atomic E-state index is -1.04. The number of ether oxygens (including phenoxy) is 3. The molecule has 1 aromatic carbocycles. The maximum Gasteiger partial charge on any atom is 0.335 e. The fourth-order valence-corrected chi connectivity index (χ4v) is 2.67. The van der Waals surface area contributed by atoms with Gasteiger partial charge in [0.1, 0.15) is 0 Å². The van der Waals surface area contributed by atoms with E-state index in [9.17, 15) is 9.90 Å². The Bertz CT molecular complexity index is 461. The zero-order chi connectivity index (χ0) is 15.4. The molecule has 0 radical (unpaired) electrons. The van der Waals surface area contributed by atoms with Gasteiger partial charge in [-0.25, -0.2) is 4.79 Å². The monoisotopic (exact) mass is 294 g/mol. The molecule has 5 nitrogen and oxygen atoms in total. The summed E-state index contributed by atoms with van der Waals surface area (Å²) in [6.45, 7) is 4.16. The van der Waals surface area contributed by atoms with Crippen molar-refractivity contribution in [1.29, 1.82) is 0 Å². The zero-order valence-electron chi connectivity index (χ0n) is 12.6. The van der Waals surface area contributed by atoms with Crippen molar-refractivity contribution in [3.63, 3.8) is 0 Å². The molecule has 0 aliphatic carbocycles. The topological polar surface area (TPSA) is 65.0 Å². The lowest BCUT2D eigenvalue weighted by Crippen LogP contribution is -2.53. The second-order valence-corrected chi connectivity index (χ2v) is 5.45. The minimum absolute atomic E-state index is 0.195. The van der Waals surface area contributed by atoms with Crippen LogP contribution in [-0.4, -0.2) is 36.7 Å². The van der Waals surface area contributed by atoms with E-state index in [1.54, 1.807) is 0 Å². The molecule has 116 valence electrons. The summed E-state index contributed by atoms with van der Waals surface area (Å²) in [5.74, 6) is -0.897. The molecule has 3 unspecified atom stereocenters. The first kappa shape index (κ1) is 15.9. The van der Waals surface area contributed by atoms with Crippen LogP contribution >= 0.6 is 0 Å².